The maximum absolute atomic E-state index is 12.2. The Hall–Kier alpha value is -3.42. The lowest BCUT2D eigenvalue weighted by Crippen LogP contribution is -2.32. The molecule has 0 spiro atoms. The first kappa shape index (κ1) is 22.9. The molecule has 0 radical (unpaired) electrons. The van der Waals surface area contributed by atoms with Gasteiger partial charge < -0.3 is 30.2 Å². The second-order valence-electron chi connectivity index (χ2n) is 6.17. The van der Waals surface area contributed by atoms with Crippen LogP contribution in [0.3, 0.4) is 0 Å². The van der Waals surface area contributed by atoms with Gasteiger partial charge in [0.15, 0.2) is 17.5 Å². The predicted octanol–water partition coefficient (Wildman–Crippen LogP) is 2.91. The van der Waals surface area contributed by atoms with Crippen LogP contribution in [0, 0.1) is 0 Å². The molecule has 162 valence electrons. The third-order valence-electron chi connectivity index (χ3n) is 4.09. The predicted molar refractivity (Wildman–Crippen MR) is 119 cm³/mol. The van der Waals surface area contributed by atoms with Gasteiger partial charge in [-0.1, -0.05) is 0 Å². The molecular formula is C22H30N4O4. The fourth-order valence-electron chi connectivity index (χ4n) is 2.65. The van der Waals surface area contributed by atoms with Gasteiger partial charge >= 0.3 is 0 Å². The van der Waals surface area contributed by atoms with Crippen LogP contribution >= 0.6 is 0 Å². The quantitative estimate of drug-likeness (QED) is 0.314. The second-order valence-corrected chi connectivity index (χ2v) is 6.17. The monoisotopic (exact) mass is 414 g/mol. The van der Waals surface area contributed by atoms with Gasteiger partial charge in [-0.2, -0.15) is 0 Å². The molecule has 3 N–H and O–H groups in total. The summed E-state index contributed by atoms with van der Waals surface area (Å²) in [5, 5.41) is 9.28. The summed E-state index contributed by atoms with van der Waals surface area (Å²) in [7, 11) is 3.20. The highest BCUT2D eigenvalue weighted by Gasteiger charge is 2.08. The lowest BCUT2D eigenvalue weighted by atomic mass is 10.2. The first-order chi connectivity index (χ1) is 14.6. The van der Waals surface area contributed by atoms with Crippen molar-refractivity contribution in [2.75, 3.05) is 45.8 Å². The van der Waals surface area contributed by atoms with Crippen LogP contribution in [0.1, 0.15) is 24.2 Å². The Morgan fingerprint density at radius 2 is 1.73 bits per heavy atom. The smallest absolute Gasteiger partial charge is 0.251 e. The van der Waals surface area contributed by atoms with E-state index < -0.39 is 0 Å². The molecule has 2 rings (SSSR count). The third-order valence-corrected chi connectivity index (χ3v) is 4.09. The molecule has 0 bridgehead atoms. The zero-order valence-corrected chi connectivity index (χ0v) is 18.0. The molecule has 30 heavy (non-hydrogen) atoms. The van der Waals surface area contributed by atoms with E-state index in [2.05, 4.69) is 20.9 Å². The van der Waals surface area contributed by atoms with E-state index in [1.54, 1.807) is 38.5 Å². The van der Waals surface area contributed by atoms with Gasteiger partial charge in [-0.3, -0.25) is 9.79 Å². The van der Waals surface area contributed by atoms with Crippen molar-refractivity contribution in [3.8, 4) is 17.2 Å². The van der Waals surface area contributed by atoms with Gasteiger partial charge in [0.2, 0.25) is 0 Å². The molecule has 0 saturated carbocycles. The second kappa shape index (κ2) is 12.2. The summed E-state index contributed by atoms with van der Waals surface area (Å²) in [6.07, 6.45) is 0. The summed E-state index contributed by atoms with van der Waals surface area (Å²) in [6.45, 7) is 5.99. The molecule has 8 heteroatoms. The number of carbonyl (C=O) groups excluding carboxylic acids is 1. The largest absolute Gasteiger partial charge is 0.497 e. The number of benzene rings is 2. The van der Waals surface area contributed by atoms with Crippen molar-refractivity contribution in [2.45, 2.75) is 13.8 Å². The number of methoxy groups -OCH3 is 2. The number of nitrogens with zero attached hydrogens (tertiary/aromatic N) is 1. The molecule has 0 aromatic heterocycles. The molecule has 0 fully saturated rings. The van der Waals surface area contributed by atoms with E-state index >= 15 is 0 Å². The molecule has 0 unspecified atom stereocenters. The van der Waals surface area contributed by atoms with E-state index in [9.17, 15) is 4.79 Å². The van der Waals surface area contributed by atoms with Crippen molar-refractivity contribution in [2.24, 2.45) is 4.99 Å². The Kier molecular flexibility index (Phi) is 9.30. The molecule has 0 heterocycles. The molecule has 2 aromatic rings. The summed E-state index contributed by atoms with van der Waals surface area (Å²) in [5.74, 6) is 2.51. The van der Waals surface area contributed by atoms with Gasteiger partial charge in [-0.05, 0) is 50.2 Å². The van der Waals surface area contributed by atoms with Gasteiger partial charge in [-0.25, -0.2) is 0 Å². The highest BCUT2D eigenvalue weighted by molar-refractivity contribution is 5.95. The first-order valence-electron chi connectivity index (χ1n) is 9.89. The molecule has 0 aliphatic heterocycles. The fraction of sp³-hybridized carbons (Fsp3) is 0.364. The lowest BCUT2D eigenvalue weighted by Gasteiger charge is -2.14. The summed E-state index contributed by atoms with van der Waals surface area (Å²) in [4.78, 5) is 16.7. The number of nitrogens with one attached hydrogen (secondary N) is 3. The number of aliphatic imine (C=N–C) groups is 1. The van der Waals surface area contributed by atoms with Crippen LogP contribution in [0.5, 0.6) is 17.2 Å². The Morgan fingerprint density at radius 1 is 0.967 bits per heavy atom. The summed E-state index contributed by atoms with van der Waals surface area (Å²) < 4.78 is 16.0. The van der Waals surface area contributed by atoms with Gasteiger partial charge in [0.25, 0.3) is 5.91 Å². The van der Waals surface area contributed by atoms with E-state index in [1.807, 2.05) is 32.0 Å². The van der Waals surface area contributed by atoms with Gasteiger partial charge in [0, 0.05) is 30.4 Å². The number of amides is 1. The molecule has 0 atom stereocenters. The Morgan fingerprint density at radius 3 is 2.37 bits per heavy atom. The third kappa shape index (κ3) is 6.88. The van der Waals surface area contributed by atoms with Gasteiger partial charge in [0.1, 0.15) is 5.75 Å². The highest BCUT2D eigenvalue weighted by Crippen LogP contribution is 2.30. The molecule has 0 saturated heterocycles. The normalized spacial score (nSPS) is 10.9. The van der Waals surface area contributed by atoms with Crippen LogP contribution < -0.4 is 30.2 Å². The zero-order valence-electron chi connectivity index (χ0n) is 18.0. The van der Waals surface area contributed by atoms with E-state index in [1.165, 1.54) is 0 Å². The Labute approximate surface area is 177 Å². The maximum atomic E-state index is 12.2. The van der Waals surface area contributed by atoms with Crippen LogP contribution in [0.15, 0.2) is 47.5 Å². The molecule has 2 aromatic carbocycles. The number of guanidine groups is 1. The number of carbonyl (C=O) groups is 1. The van der Waals surface area contributed by atoms with Crippen molar-refractivity contribution in [3.05, 3.63) is 48.0 Å². The van der Waals surface area contributed by atoms with Gasteiger partial charge in [0.05, 0.1) is 27.4 Å². The first-order valence-corrected chi connectivity index (χ1v) is 9.89. The van der Waals surface area contributed by atoms with Crippen LogP contribution in [0.25, 0.3) is 0 Å². The number of ether oxygens (including phenoxy) is 3. The number of rotatable bonds is 10. The number of hydrogen-bond donors (Lipinski definition) is 3. The van der Waals surface area contributed by atoms with Crippen molar-refractivity contribution < 1.29 is 19.0 Å². The van der Waals surface area contributed by atoms with Crippen LogP contribution in [0.4, 0.5) is 5.69 Å². The van der Waals surface area contributed by atoms with Crippen LogP contribution in [0.2, 0.25) is 0 Å². The molecule has 1 amide bonds. The standard InChI is InChI=1S/C22H30N4O4/c1-5-23-22(26-17-9-12-19(29-4)20(15-17)30-6-2)25-14-13-24-21(27)16-7-10-18(28-3)11-8-16/h7-12,15H,5-6,13-14H2,1-4H3,(H,24,27)(H2,23,25,26). The van der Waals surface area contributed by atoms with E-state index in [0.29, 0.717) is 55.0 Å². The topological polar surface area (TPSA) is 93.2 Å². The van der Waals surface area contributed by atoms with Crippen LogP contribution in [-0.4, -0.2) is 52.3 Å². The van der Waals surface area contributed by atoms with Crippen molar-refractivity contribution in [3.63, 3.8) is 0 Å². The summed E-state index contributed by atoms with van der Waals surface area (Å²) >= 11 is 0. The zero-order chi connectivity index (χ0) is 21.8. The lowest BCUT2D eigenvalue weighted by molar-refractivity contribution is 0.0955. The Balaban J connectivity index is 1.93. The van der Waals surface area contributed by atoms with Crippen LogP contribution in [-0.2, 0) is 0 Å². The Bertz CT molecular complexity index is 838. The van der Waals surface area contributed by atoms with E-state index in [0.717, 1.165) is 5.69 Å². The van der Waals surface area contributed by atoms with Crippen molar-refractivity contribution in [1.82, 2.24) is 10.6 Å². The SMILES string of the molecule is CCNC(=NCCNC(=O)c1ccc(OC)cc1)Nc1ccc(OC)c(OCC)c1. The maximum Gasteiger partial charge on any atom is 0.251 e. The minimum Gasteiger partial charge on any atom is -0.497 e. The number of anilines is 1. The molecule has 0 aliphatic carbocycles. The van der Waals surface area contributed by atoms with Gasteiger partial charge in [-0.15, -0.1) is 0 Å². The van der Waals surface area contributed by atoms with E-state index in [-0.39, 0.29) is 5.91 Å². The van der Waals surface area contributed by atoms with E-state index in [4.69, 9.17) is 14.2 Å². The summed E-state index contributed by atoms with van der Waals surface area (Å²) in [6, 6.07) is 12.6. The highest BCUT2D eigenvalue weighted by atomic mass is 16.5. The molecular weight excluding hydrogens is 384 g/mol. The number of hydrogen-bond acceptors (Lipinski definition) is 5. The minimum atomic E-state index is -0.151. The average Bonchev–Trinajstić information content (AvgIpc) is 2.77. The molecule has 0 aliphatic rings. The van der Waals surface area contributed by atoms with Crippen molar-refractivity contribution >= 4 is 17.6 Å². The average molecular weight is 415 g/mol. The molecule has 8 nitrogen and oxygen atoms in total. The fourth-order valence-corrected chi connectivity index (χ4v) is 2.65. The summed E-state index contributed by atoms with van der Waals surface area (Å²) in [5.41, 5.74) is 1.40. The minimum absolute atomic E-state index is 0.151. The van der Waals surface area contributed by atoms with Crippen molar-refractivity contribution in [1.29, 1.82) is 0 Å².